The quantitative estimate of drug-likeness (QED) is 0.536. The van der Waals surface area contributed by atoms with Gasteiger partial charge in [0.2, 0.25) is 0 Å². The smallest absolute Gasteiger partial charge is 0.282 e. The Morgan fingerprint density at radius 2 is 1.18 bits per heavy atom. The summed E-state index contributed by atoms with van der Waals surface area (Å²) in [6.07, 6.45) is 0. The van der Waals surface area contributed by atoms with Crippen molar-refractivity contribution in [1.82, 2.24) is 0 Å². The number of hydrogen-bond donors (Lipinski definition) is 1. The molecule has 28 heavy (non-hydrogen) atoms. The molecule has 0 atom stereocenters. The molecule has 0 bridgehead atoms. The van der Waals surface area contributed by atoms with Crippen LogP contribution >= 0.6 is 0 Å². The van der Waals surface area contributed by atoms with Gasteiger partial charge in [-0.2, -0.15) is 8.42 Å². The zero-order valence-electron chi connectivity index (χ0n) is 19.1. The van der Waals surface area contributed by atoms with Crippen molar-refractivity contribution < 1.29 is 13.0 Å². The average Bonchev–Trinajstić information content (AvgIpc) is 2.52. The van der Waals surface area contributed by atoms with Crippen LogP contribution in [0.2, 0.25) is 0 Å². The fraction of sp³-hybridized carbons (Fsp3) is 0.583. The molecule has 0 unspecified atom stereocenters. The van der Waals surface area contributed by atoms with Gasteiger partial charge in [-0.25, -0.2) is 0 Å². The van der Waals surface area contributed by atoms with Crippen molar-refractivity contribution in [3.05, 3.63) is 39.4 Å². The predicted octanol–water partition coefficient (Wildman–Crippen LogP) is 7.20. The molecule has 0 saturated heterocycles. The Morgan fingerprint density at radius 3 is 1.54 bits per heavy atom. The third-order valence-electron chi connectivity index (χ3n) is 5.87. The van der Waals surface area contributed by atoms with E-state index in [4.69, 9.17) is 0 Å². The molecular weight excluding hydrogens is 368 g/mol. The van der Waals surface area contributed by atoms with Crippen molar-refractivity contribution in [2.75, 3.05) is 0 Å². The zero-order valence-corrected chi connectivity index (χ0v) is 19.9. The predicted molar refractivity (Wildman–Crippen MR) is 120 cm³/mol. The third kappa shape index (κ3) is 3.73. The van der Waals surface area contributed by atoms with Gasteiger partial charge in [0.15, 0.2) is 0 Å². The van der Waals surface area contributed by atoms with Gasteiger partial charge in [0.1, 0.15) is 4.90 Å². The molecule has 2 rings (SSSR count). The monoisotopic (exact) mass is 404 g/mol. The summed E-state index contributed by atoms with van der Waals surface area (Å²) in [6.45, 7) is 21.2. The van der Waals surface area contributed by atoms with Crippen LogP contribution in [0.25, 0.3) is 10.8 Å². The molecule has 0 aromatic heterocycles. The van der Waals surface area contributed by atoms with Gasteiger partial charge in [-0.1, -0.05) is 55.4 Å². The Kier molecular flexibility index (Phi) is 6.37. The number of rotatable bonds is 5. The molecule has 156 valence electrons. The molecule has 0 spiro atoms. The number of benzene rings is 2. The first-order chi connectivity index (χ1) is 12.7. The molecule has 2 aromatic carbocycles. The Labute approximate surface area is 171 Å². The summed E-state index contributed by atoms with van der Waals surface area (Å²) in [5.41, 5.74) is 6.54. The molecule has 0 saturated carbocycles. The van der Waals surface area contributed by atoms with Crippen molar-refractivity contribution in [1.29, 1.82) is 0 Å². The van der Waals surface area contributed by atoms with Crippen LogP contribution in [0.15, 0.2) is 11.0 Å². The summed E-state index contributed by atoms with van der Waals surface area (Å²) in [5.74, 6) is 1.08. The van der Waals surface area contributed by atoms with Crippen molar-refractivity contribution in [2.24, 2.45) is 0 Å². The van der Waals surface area contributed by atoms with Crippen molar-refractivity contribution >= 4 is 20.9 Å². The highest BCUT2D eigenvalue weighted by atomic mass is 32.2. The van der Waals surface area contributed by atoms with Gasteiger partial charge >= 0.3 is 0 Å². The minimum absolute atomic E-state index is 0.0727. The van der Waals surface area contributed by atoms with Crippen molar-refractivity contribution in [3.8, 4) is 0 Å². The minimum atomic E-state index is -4.34. The standard InChI is InChI=1S/C24H36O3S/c1-12(2)18-11-19-23(22(15(7)8)21(18)14(5)6)20(13(3)4)16(9)17(10)24(19)28(25,26)27/h11-15H,1-10H3,(H,25,26,27). The second-order valence-corrected chi connectivity index (χ2v) is 10.7. The van der Waals surface area contributed by atoms with Crippen LogP contribution in [0, 0.1) is 13.8 Å². The van der Waals surface area contributed by atoms with E-state index >= 15 is 0 Å². The molecule has 0 heterocycles. The van der Waals surface area contributed by atoms with Crippen LogP contribution in [0.3, 0.4) is 0 Å². The topological polar surface area (TPSA) is 54.4 Å². The lowest BCUT2D eigenvalue weighted by molar-refractivity contribution is 0.483. The highest BCUT2D eigenvalue weighted by Crippen LogP contribution is 2.45. The molecule has 0 aliphatic heterocycles. The van der Waals surface area contributed by atoms with Gasteiger partial charge in [-0.3, -0.25) is 4.55 Å². The molecule has 0 radical (unpaired) electrons. The first-order valence-corrected chi connectivity index (χ1v) is 11.8. The molecular formula is C24H36O3S. The Hall–Kier alpha value is -1.39. The lowest BCUT2D eigenvalue weighted by Gasteiger charge is -2.29. The third-order valence-corrected chi connectivity index (χ3v) is 6.91. The van der Waals surface area contributed by atoms with Gasteiger partial charge in [0.25, 0.3) is 10.1 Å². The van der Waals surface area contributed by atoms with E-state index in [1.807, 2.05) is 19.9 Å². The highest BCUT2D eigenvalue weighted by Gasteiger charge is 2.29. The lowest BCUT2D eigenvalue weighted by atomic mass is 9.76. The molecule has 3 nitrogen and oxygen atoms in total. The van der Waals surface area contributed by atoms with E-state index in [0.717, 1.165) is 10.9 Å². The largest absolute Gasteiger partial charge is 0.295 e. The minimum Gasteiger partial charge on any atom is -0.282 e. The van der Waals surface area contributed by atoms with E-state index in [1.54, 1.807) is 0 Å². The molecule has 0 aliphatic carbocycles. The van der Waals surface area contributed by atoms with Crippen LogP contribution in [-0.2, 0) is 10.1 Å². The van der Waals surface area contributed by atoms with Crippen LogP contribution in [0.4, 0.5) is 0 Å². The summed E-state index contributed by atoms with van der Waals surface area (Å²) < 4.78 is 35.0. The Morgan fingerprint density at radius 1 is 0.714 bits per heavy atom. The molecule has 2 aromatic rings. The molecule has 0 amide bonds. The van der Waals surface area contributed by atoms with E-state index in [2.05, 4.69) is 55.4 Å². The number of hydrogen-bond acceptors (Lipinski definition) is 2. The number of fused-ring (bicyclic) bond motifs is 1. The van der Waals surface area contributed by atoms with E-state index in [-0.39, 0.29) is 22.6 Å². The summed E-state index contributed by atoms with van der Waals surface area (Å²) in [4.78, 5) is 0.0727. The second kappa shape index (κ2) is 7.79. The second-order valence-electron chi connectivity index (χ2n) is 9.30. The van der Waals surface area contributed by atoms with E-state index < -0.39 is 10.1 Å². The summed E-state index contributed by atoms with van der Waals surface area (Å²) in [6, 6.07) is 2.03. The Bertz CT molecular complexity index is 1010. The van der Waals surface area contributed by atoms with Crippen LogP contribution in [-0.4, -0.2) is 13.0 Å². The zero-order chi connectivity index (χ0) is 21.7. The molecule has 0 fully saturated rings. The summed E-state index contributed by atoms with van der Waals surface area (Å²) in [7, 11) is -4.34. The van der Waals surface area contributed by atoms with Crippen molar-refractivity contribution in [2.45, 2.75) is 97.8 Å². The van der Waals surface area contributed by atoms with E-state index in [9.17, 15) is 13.0 Å². The maximum atomic E-state index is 12.4. The average molecular weight is 405 g/mol. The maximum Gasteiger partial charge on any atom is 0.295 e. The van der Waals surface area contributed by atoms with Gasteiger partial charge in [-0.05, 0) is 82.4 Å². The van der Waals surface area contributed by atoms with Crippen LogP contribution in [0.1, 0.15) is 112 Å². The van der Waals surface area contributed by atoms with Crippen LogP contribution < -0.4 is 0 Å². The van der Waals surface area contributed by atoms with Crippen molar-refractivity contribution in [3.63, 3.8) is 0 Å². The summed E-state index contributed by atoms with van der Waals surface area (Å²) >= 11 is 0. The summed E-state index contributed by atoms with van der Waals surface area (Å²) in [5, 5.41) is 1.69. The molecule has 4 heteroatoms. The van der Waals surface area contributed by atoms with Crippen LogP contribution in [0.5, 0.6) is 0 Å². The van der Waals surface area contributed by atoms with Gasteiger partial charge in [0.05, 0.1) is 0 Å². The fourth-order valence-corrected chi connectivity index (χ4v) is 5.73. The lowest BCUT2D eigenvalue weighted by Crippen LogP contribution is -2.13. The highest BCUT2D eigenvalue weighted by molar-refractivity contribution is 7.86. The molecule has 0 aliphatic rings. The van der Waals surface area contributed by atoms with Gasteiger partial charge < -0.3 is 0 Å². The van der Waals surface area contributed by atoms with E-state index in [1.165, 1.54) is 22.3 Å². The van der Waals surface area contributed by atoms with Gasteiger partial charge in [-0.15, -0.1) is 0 Å². The first-order valence-electron chi connectivity index (χ1n) is 10.3. The SMILES string of the molecule is Cc1c(C)c(C(C)C)c2c(C(C)C)c(C(C)C)c(C(C)C)cc2c1S(=O)(=O)O. The fourth-order valence-electron chi connectivity index (χ4n) is 4.75. The molecule has 1 N–H and O–H groups in total. The Balaban J connectivity index is 3.41. The maximum absolute atomic E-state index is 12.4. The van der Waals surface area contributed by atoms with E-state index in [0.29, 0.717) is 16.9 Å². The van der Waals surface area contributed by atoms with Gasteiger partial charge in [0, 0.05) is 5.39 Å². The normalized spacial score (nSPS) is 13.0. The first kappa shape index (κ1) is 22.9.